The number of hydrogen-bond acceptors (Lipinski definition) is 5. The van der Waals surface area contributed by atoms with Gasteiger partial charge in [0.1, 0.15) is 5.60 Å². The van der Waals surface area contributed by atoms with Crippen LogP contribution in [0, 0.1) is 5.92 Å². The zero-order valence-electron chi connectivity index (χ0n) is 13.8. The van der Waals surface area contributed by atoms with E-state index in [-0.39, 0.29) is 23.8 Å². The Kier molecular flexibility index (Phi) is 9.01. The summed E-state index contributed by atoms with van der Waals surface area (Å²) in [5.41, 5.74) is -0.389. The van der Waals surface area contributed by atoms with E-state index in [1.807, 2.05) is 20.8 Å². The van der Waals surface area contributed by atoms with Crippen molar-refractivity contribution in [2.24, 2.45) is 5.92 Å². The molecule has 1 amide bonds. The van der Waals surface area contributed by atoms with Gasteiger partial charge in [0.2, 0.25) is 0 Å². The molecule has 6 nitrogen and oxygen atoms in total. The van der Waals surface area contributed by atoms with Crippen LogP contribution < -0.4 is 5.32 Å². The van der Waals surface area contributed by atoms with Crippen molar-refractivity contribution in [2.75, 3.05) is 14.2 Å². The summed E-state index contributed by atoms with van der Waals surface area (Å²) < 4.78 is 9.42. The third kappa shape index (κ3) is 11.1. The van der Waals surface area contributed by atoms with E-state index in [0.717, 1.165) is 25.7 Å². The summed E-state index contributed by atoms with van der Waals surface area (Å²) in [6.45, 7) is 5.46. The first-order chi connectivity index (χ1) is 9.67. The maximum Gasteiger partial charge on any atom is 0.407 e. The van der Waals surface area contributed by atoms with Gasteiger partial charge in [0, 0.05) is 13.5 Å². The van der Waals surface area contributed by atoms with Crippen LogP contribution in [0.4, 0.5) is 4.79 Å². The number of nitrogens with one attached hydrogen (secondary N) is 1. The van der Waals surface area contributed by atoms with Gasteiger partial charge in [0.05, 0.1) is 13.2 Å². The summed E-state index contributed by atoms with van der Waals surface area (Å²) in [6, 6.07) is 0. The van der Waals surface area contributed by atoms with Gasteiger partial charge in [0.25, 0.3) is 0 Å². The van der Waals surface area contributed by atoms with E-state index in [0.29, 0.717) is 12.3 Å². The lowest BCUT2D eigenvalue weighted by molar-refractivity contribution is -0.142. The molecule has 0 radical (unpaired) electrons. The molecule has 1 fully saturated rings. The zero-order valence-corrected chi connectivity index (χ0v) is 13.8. The third-order valence-corrected chi connectivity index (χ3v) is 3.10. The van der Waals surface area contributed by atoms with Crippen LogP contribution in [0.5, 0.6) is 0 Å². The first-order valence-electron chi connectivity index (χ1n) is 7.33. The predicted molar refractivity (Wildman–Crippen MR) is 79.9 cm³/mol. The summed E-state index contributed by atoms with van der Waals surface area (Å²) >= 11 is 0. The van der Waals surface area contributed by atoms with Crippen LogP contribution in [0.25, 0.3) is 0 Å². The Morgan fingerprint density at radius 3 is 2.05 bits per heavy atom. The molecule has 2 N–H and O–H groups in total. The molecular weight excluding hydrogens is 274 g/mol. The van der Waals surface area contributed by atoms with Crippen LogP contribution >= 0.6 is 0 Å². The van der Waals surface area contributed by atoms with Gasteiger partial charge < -0.3 is 19.9 Å². The molecule has 0 aromatic rings. The fourth-order valence-electron chi connectivity index (χ4n) is 2.00. The van der Waals surface area contributed by atoms with Crippen LogP contribution in [-0.4, -0.2) is 43.0 Å². The fraction of sp³-hybridized carbons (Fsp3) is 0.867. The lowest BCUT2D eigenvalue weighted by atomic mass is 9.85. The molecule has 0 unspecified atom stereocenters. The van der Waals surface area contributed by atoms with Crippen molar-refractivity contribution in [2.45, 2.75) is 64.6 Å². The number of rotatable bonds is 2. The van der Waals surface area contributed by atoms with Crippen molar-refractivity contribution in [3.63, 3.8) is 0 Å². The maximum atomic E-state index is 10.9. The van der Waals surface area contributed by atoms with Crippen molar-refractivity contribution >= 4 is 12.1 Å². The molecule has 0 bridgehead atoms. The van der Waals surface area contributed by atoms with Gasteiger partial charge in [-0.3, -0.25) is 4.79 Å². The van der Waals surface area contributed by atoms with Gasteiger partial charge in [0.15, 0.2) is 0 Å². The van der Waals surface area contributed by atoms with Gasteiger partial charge in [-0.25, -0.2) is 4.79 Å². The lowest BCUT2D eigenvalue weighted by Gasteiger charge is -2.24. The molecule has 0 aliphatic heterocycles. The van der Waals surface area contributed by atoms with Crippen molar-refractivity contribution in [3.05, 3.63) is 0 Å². The van der Waals surface area contributed by atoms with Crippen LogP contribution in [0.3, 0.4) is 0 Å². The minimum atomic E-state index is -0.389. The summed E-state index contributed by atoms with van der Waals surface area (Å²) in [7, 11) is 2.95. The van der Waals surface area contributed by atoms with Crippen molar-refractivity contribution in [1.82, 2.24) is 5.32 Å². The van der Waals surface area contributed by atoms with E-state index in [9.17, 15) is 14.7 Å². The highest BCUT2D eigenvalue weighted by Gasteiger charge is 2.21. The number of alkyl carbamates (subject to hydrolysis) is 1. The number of methoxy groups -OCH3 is 1. The quantitative estimate of drug-likeness (QED) is 0.764. The highest BCUT2D eigenvalue weighted by Crippen LogP contribution is 2.26. The zero-order chi connectivity index (χ0) is 16.5. The fourth-order valence-corrected chi connectivity index (χ4v) is 2.00. The number of carbonyl (C=O) groups is 2. The SMILES string of the molecule is CNC(=O)OC(C)(C)C.COC(=O)CC1CCC(O)CC1. The van der Waals surface area contributed by atoms with Crippen molar-refractivity contribution < 1.29 is 24.2 Å². The molecule has 21 heavy (non-hydrogen) atoms. The van der Waals surface area contributed by atoms with Crippen LogP contribution in [0.2, 0.25) is 0 Å². The summed E-state index contributed by atoms with van der Waals surface area (Å²) in [4.78, 5) is 21.4. The van der Waals surface area contributed by atoms with E-state index in [1.54, 1.807) is 0 Å². The molecule has 0 aromatic carbocycles. The predicted octanol–water partition coefficient (Wildman–Crippen LogP) is 2.24. The first-order valence-corrected chi connectivity index (χ1v) is 7.33. The standard InChI is InChI=1S/C9H16O3.C6H13NO2/c1-12-9(11)6-7-2-4-8(10)5-3-7;1-6(2,3)9-5(8)7-4/h7-8,10H,2-6H2,1H3;1-4H3,(H,7,8). The van der Waals surface area contributed by atoms with Crippen LogP contribution in [0.15, 0.2) is 0 Å². The molecule has 1 aliphatic carbocycles. The van der Waals surface area contributed by atoms with Gasteiger partial charge >= 0.3 is 12.1 Å². The number of ether oxygens (including phenoxy) is 2. The second kappa shape index (κ2) is 9.60. The van der Waals surface area contributed by atoms with Gasteiger partial charge in [-0.15, -0.1) is 0 Å². The molecular formula is C15H29NO5. The molecule has 6 heteroatoms. The monoisotopic (exact) mass is 303 g/mol. The van der Waals surface area contributed by atoms with E-state index < -0.39 is 0 Å². The smallest absolute Gasteiger partial charge is 0.407 e. The topological polar surface area (TPSA) is 84.9 Å². The molecule has 1 saturated carbocycles. The van der Waals surface area contributed by atoms with Crippen LogP contribution in [-0.2, 0) is 14.3 Å². The first kappa shape index (κ1) is 19.7. The second-order valence-electron chi connectivity index (χ2n) is 6.21. The van der Waals surface area contributed by atoms with E-state index in [2.05, 4.69) is 10.1 Å². The Bertz CT molecular complexity index is 317. The molecule has 0 spiro atoms. The Hall–Kier alpha value is -1.30. The van der Waals surface area contributed by atoms with E-state index in [1.165, 1.54) is 14.2 Å². The Morgan fingerprint density at radius 2 is 1.71 bits per heavy atom. The third-order valence-electron chi connectivity index (χ3n) is 3.10. The Labute approximate surface area is 127 Å². The van der Waals surface area contributed by atoms with Crippen LogP contribution in [0.1, 0.15) is 52.9 Å². The van der Waals surface area contributed by atoms with Gasteiger partial charge in [-0.2, -0.15) is 0 Å². The normalized spacial score (nSPS) is 21.6. The molecule has 1 aliphatic rings. The number of esters is 1. The number of aliphatic hydroxyl groups is 1. The van der Waals surface area contributed by atoms with Gasteiger partial charge in [-0.1, -0.05) is 0 Å². The average molecular weight is 303 g/mol. The number of aliphatic hydroxyl groups excluding tert-OH is 1. The lowest BCUT2D eigenvalue weighted by Crippen LogP contribution is -2.30. The Balaban J connectivity index is 0.000000400. The number of carbonyl (C=O) groups excluding carboxylic acids is 2. The highest BCUT2D eigenvalue weighted by molar-refractivity contribution is 5.69. The maximum absolute atomic E-state index is 10.9. The summed E-state index contributed by atoms with van der Waals surface area (Å²) in [5.74, 6) is 0.303. The molecule has 0 aromatic heterocycles. The molecule has 0 saturated heterocycles. The highest BCUT2D eigenvalue weighted by atomic mass is 16.6. The Morgan fingerprint density at radius 1 is 1.19 bits per heavy atom. The molecule has 124 valence electrons. The molecule has 0 atom stereocenters. The van der Waals surface area contributed by atoms with Crippen molar-refractivity contribution in [3.8, 4) is 0 Å². The minimum Gasteiger partial charge on any atom is -0.469 e. The molecule has 1 rings (SSSR count). The van der Waals surface area contributed by atoms with Gasteiger partial charge in [-0.05, 0) is 52.4 Å². The largest absolute Gasteiger partial charge is 0.469 e. The number of hydrogen-bond donors (Lipinski definition) is 2. The summed E-state index contributed by atoms with van der Waals surface area (Å²) in [6.07, 6.45) is 3.57. The van der Waals surface area contributed by atoms with E-state index in [4.69, 9.17) is 4.74 Å². The second-order valence-corrected chi connectivity index (χ2v) is 6.21. The summed E-state index contributed by atoms with van der Waals surface area (Å²) in [5, 5.41) is 11.6. The number of amides is 1. The van der Waals surface area contributed by atoms with E-state index >= 15 is 0 Å². The minimum absolute atomic E-state index is 0.128. The average Bonchev–Trinajstić information content (AvgIpc) is 2.40. The van der Waals surface area contributed by atoms with Crippen molar-refractivity contribution in [1.29, 1.82) is 0 Å². The molecule has 0 heterocycles.